The SMILES string of the molecule is CCN(CC)CC(NC)c1cc(C)ccc1OC. The van der Waals surface area contributed by atoms with E-state index in [1.165, 1.54) is 11.1 Å². The Labute approximate surface area is 111 Å². The molecule has 0 aliphatic rings. The highest BCUT2D eigenvalue weighted by Gasteiger charge is 2.16. The molecule has 0 aromatic heterocycles. The summed E-state index contributed by atoms with van der Waals surface area (Å²) in [6.45, 7) is 9.66. The van der Waals surface area contributed by atoms with Crippen LogP contribution in [0.1, 0.15) is 31.0 Å². The Balaban J connectivity index is 2.96. The van der Waals surface area contributed by atoms with Gasteiger partial charge in [0.15, 0.2) is 0 Å². The lowest BCUT2D eigenvalue weighted by Gasteiger charge is -2.26. The highest BCUT2D eigenvalue weighted by Crippen LogP contribution is 2.26. The lowest BCUT2D eigenvalue weighted by Crippen LogP contribution is -2.33. The fraction of sp³-hybridized carbons (Fsp3) is 0.600. The quantitative estimate of drug-likeness (QED) is 0.805. The van der Waals surface area contributed by atoms with E-state index < -0.39 is 0 Å². The van der Waals surface area contributed by atoms with E-state index in [4.69, 9.17) is 4.74 Å². The summed E-state index contributed by atoms with van der Waals surface area (Å²) in [6.07, 6.45) is 0. The van der Waals surface area contributed by atoms with Gasteiger partial charge in [0.25, 0.3) is 0 Å². The molecule has 1 rings (SSSR count). The summed E-state index contributed by atoms with van der Waals surface area (Å²) < 4.78 is 5.47. The molecule has 1 unspecified atom stereocenters. The predicted molar refractivity (Wildman–Crippen MR) is 77.3 cm³/mol. The van der Waals surface area contributed by atoms with Gasteiger partial charge in [0.05, 0.1) is 7.11 Å². The number of rotatable bonds is 7. The van der Waals surface area contributed by atoms with Crippen molar-refractivity contribution < 1.29 is 4.74 Å². The van der Waals surface area contributed by atoms with Crippen molar-refractivity contribution in [1.82, 2.24) is 10.2 Å². The van der Waals surface area contributed by atoms with Crippen LogP contribution in [0.2, 0.25) is 0 Å². The molecule has 3 nitrogen and oxygen atoms in total. The maximum absolute atomic E-state index is 5.47. The molecular weight excluding hydrogens is 224 g/mol. The molecule has 1 atom stereocenters. The summed E-state index contributed by atoms with van der Waals surface area (Å²) in [7, 11) is 3.74. The third kappa shape index (κ3) is 3.72. The Kier molecular flexibility index (Phi) is 6.16. The van der Waals surface area contributed by atoms with E-state index in [-0.39, 0.29) is 0 Å². The fourth-order valence-corrected chi connectivity index (χ4v) is 2.21. The molecule has 0 spiro atoms. The zero-order chi connectivity index (χ0) is 13.5. The molecule has 0 bridgehead atoms. The molecule has 0 aliphatic carbocycles. The first-order chi connectivity index (χ1) is 8.65. The maximum Gasteiger partial charge on any atom is 0.123 e. The van der Waals surface area contributed by atoms with Gasteiger partial charge in [-0.25, -0.2) is 0 Å². The van der Waals surface area contributed by atoms with E-state index in [0.717, 1.165) is 25.4 Å². The number of ether oxygens (including phenoxy) is 1. The first-order valence-corrected chi connectivity index (χ1v) is 6.70. The van der Waals surface area contributed by atoms with E-state index in [1.807, 2.05) is 7.05 Å². The molecule has 0 aliphatic heterocycles. The van der Waals surface area contributed by atoms with Crippen molar-refractivity contribution in [3.05, 3.63) is 29.3 Å². The van der Waals surface area contributed by atoms with Crippen molar-refractivity contribution in [2.24, 2.45) is 0 Å². The van der Waals surface area contributed by atoms with E-state index in [9.17, 15) is 0 Å². The molecular formula is C15H26N2O. The Bertz CT molecular complexity index is 362. The van der Waals surface area contributed by atoms with Crippen LogP contribution in [0.3, 0.4) is 0 Å². The molecule has 0 fully saturated rings. The normalized spacial score (nSPS) is 12.8. The predicted octanol–water partition coefficient (Wildman–Crippen LogP) is 2.61. The molecule has 0 amide bonds. The van der Waals surface area contributed by atoms with Crippen molar-refractivity contribution in [3.63, 3.8) is 0 Å². The van der Waals surface area contributed by atoms with Crippen molar-refractivity contribution in [2.45, 2.75) is 26.8 Å². The second kappa shape index (κ2) is 7.39. The standard InChI is InChI=1S/C15H26N2O/c1-6-17(7-2)11-14(16-4)13-10-12(3)8-9-15(13)18-5/h8-10,14,16H,6-7,11H2,1-5H3. The van der Waals surface area contributed by atoms with Gasteiger partial charge in [0.1, 0.15) is 5.75 Å². The summed E-state index contributed by atoms with van der Waals surface area (Å²) in [5.41, 5.74) is 2.51. The average Bonchev–Trinajstić information content (AvgIpc) is 2.40. The highest BCUT2D eigenvalue weighted by molar-refractivity contribution is 5.39. The lowest BCUT2D eigenvalue weighted by molar-refractivity contribution is 0.268. The van der Waals surface area contributed by atoms with Gasteiger partial charge in [-0.05, 0) is 33.1 Å². The molecule has 0 saturated heterocycles. The van der Waals surface area contributed by atoms with Crippen LogP contribution in [0, 0.1) is 6.92 Å². The number of nitrogens with one attached hydrogen (secondary N) is 1. The van der Waals surface area contributed by atoms with Crippen LogP contribution in [-0.4, -0.2) is 38.7 Å². The van der Waals surface area contributed by atoms with Gasteiger partial charge in [-0.15, -0.1) is 0 Å². The summed E-state index contributed by atoms with van der Waals surface area (Å²) in [6, 6.07) is 6.66. The van der Waals surface area contributed by atoms with E-state index >= 15 is 0 Å². The van der Waals surface area contributed by atoms with Crippen LogP contribution in [-0.2, 0) is 0 Å². The molecule has 1 aromatic rings. The van der Waals surface area contributed by atoms with Gasteiger partial charge in [-0.1, -0.05) is 31.5 Å². The lowest BCUT2D eigenvalue weighted by atomic mass is 10.0. The number of benzene rings is 1. The number of nitrogens with zero attached hydrogens (tertiary/aromatic N) is 1. The van der Waals surface area contributed by atoms with Crippen LogP contribution in [0.25, 0.3) is 0 Å². The zero-order valence-corrected chi connectivity index (χ0v) is 12.3. The number of likely N-dealkylation sites (N-methyl/N-ethyl adjacent to an activating group) is 2. The van der Waals surface area contributed by atoms with Gasteiger partial charge in [-0.2, -0.15) is 0 Å². The molecule has 0 radical (unpaired) electrons. The van der Waals surface area contributed by atoms with Gasteiger partial charge >= 0.3 is 0 Å². The second-order valence-electron chi connectivity index (χ2n) is 4.57. The van der Waals surface area contributed by atoms with Crippen LogP contribution >= 0.6 is 0 Å². The van der Waals surface area contributed by atoms with Crippen molar-refractivity contribution in [3.8, 4) is 5.75 Å². The third-order valence-corrected chi connectivity index (χ3v) is 3.44. The monoisotopic (exact) mass is 250 g/mol. The Hall–Kier alpha value is -1.06. The Morgan fingerprint density at radius 3 is 2.44 bits per heavy atom. The number of methoxy groups -OCH3 is 1. The molecule has 3 heteroatoms. The van der Waals surface area contributed by atoms with Crippen LogP contribution < -0.4 is 10.1 Å². The second-order valence-corrected chi connectivity index (χ2v) is 4.57. The summed E-state index contributed by atoms with van der Waals surface area (Å²) in [5, 5.41) is 3.40. The van der Waals surface area contributed by atoms with Crippen molar-refractivity contribution in [2.75, 3.05) is 33.8 Å². The topological polar surface area (TPSA) is 24.5 Å². The molecule has 1 aromatic carbocycles. The van der Waals surface area contributed by atoms with Gasteiger partial charge < -0.3 is 15.0 Å². The minimum atomic E-state index is 0.305. The zero-order valence-electron chi connectivity index (χ0n) is 12.3. The van der Waals surface area contributed by atoms with Crippen molar-refractivity contribution in [1.29, 1.82) is 0 Å². The number of hydrogen-bond acceptors (Lipinski definition) is 3. The Morgan fingerprint density at radius 2 is 1.94 bits per heavy atom. The van der Waals surface area contributed by atoms with Crippen molar-refractivity contribution >= 4 is 0 Å². The molecule has 102 valence electrons. The molecule has 1 N–H and O–H groups in total. The van der Waals surface area contributed by atoms with Gasteiger partial charge in [0, 0.05) is 18.2 Å². The van der Waals surface area contributed by atoms with Crippen LogP contribution in [0.4, 0.5) is 0 Å². The highest BCUT2D eigenvalue weighted by atomic mass is 16.5. The van der Waals surface area contributed by atoms with Gasteiger partial charge in [0.2, 0.25) is 0 Å². The fourth-order valence-electron chi connectivity index (χ4n) is 2.21. The summed E-state index contributed by atoms with van der Waals surface area (Å²) in [5.74, 6) is 0.965. The Morgan fingerprint density at radius 1 is 1.28 bits per heavy atom. The molecule has 0 heterocycles. The molecule has 18 heavy (non-hydrogen) atoms. The third-order valence-electron chi connectivity index (χ3n) is 3.44. The van der Waals surface area contributed by atoms with E-state index in [0.29, 0.717) is 6.04 Å². The number of aryl methyl sites for hydroxylation is 1. The minimum absolute atomic E-state index is 0.305. The maximum atomic E-state index is 5.47. The summed E-state index contributed by atoms with van der Waals surface area (Å²) in [4.78, 5) is 2.42. The largest absolute Gasteiger partial charge is 0.496 e. The van der Waals surface area contributed by atoms with E-state index in [1.54, 1.807) is 7.11 Å². The van der Waals surface area contributed by atoms with Crippen LogP contribution in [0.5, 0.6) is 5.75 Å². The summed E-state index contributed by atoms with van der Waals surface area (Å²) >= 11 is 0. The first-order valence-electron chi connectivity index (χ1n) is 6.70. The average molecular weight is 250 g/mol. The van der Waals surface area contributed by atoms with Crippen LogP contribution in [0.15, 0.2) is 18.2 Å². The first kappa shape index (κ1) is 15.0. The van der Waals surface area contributed by atoms with E-state index in [2.05, 4.69) is 49.2 Å². The van der Waals surface area contributed by atoms with Gasteiger partial charge in [-0.3, -0.25) is 0 Å². The smallest absolute Gasteiger partial charge is 0.123 e. The number of hydrogen-bond donors (Lipinski definition) is 1. The minimum Gasteiger partial charge on any atom is -0.496 e. The molecule has 0 saturated carbocycles.